The molecule has 150 valence electrons. The minimum Gasteiger partial charge on any atom is -0.387 e. The van der Waals surface area contributed by atoms with Gasteiger partial charge in [-0.25, -0.2) is 18.5 Å². The maximum atomic E-state index is 12.8. The first kappa shape index (κ1) is 18.9. The lowest BCUT2D eigenvalue weighted by atomic mass is 9.99. The molecule has 1 aromatic heterocycles. The zero-order valence-corrected chi connectivity index (χ0v) is 16.9. The van der Waals surface area contributed by atoms with E-state index in [1.54, 1.807) is 14.0 Å². The molecule has 4 N–H and O–H groups in total. The van der Waals surface area contributed by atoms with Crippen LogP contribution in [0, 0.1) is 4.78 Å². The fraction of sp³-hybridized carbons (Fsp3) is 0.474. The molecule has 0 saturated carbocycles. The Balaban J connectivity index is 1.58. The van der Waals surface area contributed by atoms with Crippen molar-refractivity contribution in [1.82, 2.24) is 14.5 Å². The Morgan fingerprint density at radius 3 is 2.36 bits per heavy atom. The fourth-order valence-corrected chi connectivity index (χ4v) is 5.22. The van der Waals surface area contributed by atoms with Crippen LogP contribution < -0.4 is 10.0 Å². The summed E-state index contributed by atoms with van der Waals surface area (Å²) < 4.78 is 24.5. The number of hydrogen-bond acceptors (Lipinski definition) is 5. The van der Waals surface area contributed by atoms with Crippen molar-refractivity contribution in [3.05, 3.63) is 40.1 Å². The van der Waals surface area contributed by atoms with Crippen LogP contribution in [0.5, 0.6) is 0 Å². The van der Waals surface area contributed by atoms with Crippen molar-refractivity contribution in [2.24, 2.45) is 7.05 Å². The number of aliphatic hydroxyl groups excluding tert-OH is 1. The quantitative estimate of drug-likeness (QED) is 0.627. The van der Waals surface area contributed by atoms with Gasteiger partial charge in [-0.15, -0.1) is 0 Å². The molecule has 0 fully saturated rings. The standard InChI is InChI=1S/C19H25N5O3S/c1-11(25)16-10-17(22-24(16)2)28(20,27)23-19(26)21-18-14-7-3-5-12(14)9-13-6-4-8-15(13)18/h9-11,25H,3-8H2,1-2H3,(H3,20,21,23,26,27). The third-order valence-corrected chi connectivity index (χ3v) is 6.83. The summed E-state index contributed by atoms with van der Waals surface area (Å²) in [6.45, 7) is 1.56. The average molecular weight is 404 g/mol. The Bertz CT molecular complexity index is 1020. The van der Waals surface area contributed by atoms with Gasteiger partial charge in [-0.05, 0) is 67.7 Å². The number of carbonyl (C=O) groups excluding carboxylic acids is 1. The van der Waals surface area contributed by atoms with E-state index in [-0.39, 0.29) is 5.03 Å². The van der Waals surface area contributed by atoms with Crippen molar-refractivity contribution in [1.29, 1.82) is 4.78 Å². The highest BCUT2D eigenvalue weighted by molar-refractivity contribution is 7.91. The predicted octanol–water partition coefficient (Wildman–Crippen LogP) is 2.59. The molecule has 0 aliphatic heterocycles. The monoisotopic (exact) mass is 403 g/mol. The molecule has 8 nitrogen and oxygen atoms in total. The van der Waals surface area contributed by atoms with Gasteiger partial charge in [-0.2, -0.15) is 5.10 Å². The molecule has 0 spiro atoms. The second-order valence-corrected chi connectivity index (χ2v) is 9.29. The second-order valence-electron chi connectivity index (χ2n) is 7.55. The van der Waals surface area contributed by atoms with Crippen LogP contribution in [0.2, 0.25) is 0 Å². The smallest absolute Gasteiger partial charge is 0.332 e. The Hall–Kier alpha value is -2.39. The van der Waals surface area contributed by atoms with E-state index in [4.69, 9.17) is 4.78 Å². The molecule has 0 saturated heterocycles. The first-order valence-electron chi connectivity index (χ1n) is 9.52. The summed E-state index contributed by atoms with van der Waals surface area (Å²) in [5, 5.41) is 16.6. The third-order valence-electron chi connectivity index (χ3n) is 5.56. The third kappa shape index (κ3) is 3.29. The summed E-state index contributed by atoms with van der Waals surface area (Å²) in [5.41, 5.74) is 6.17. The van der Waals surface area contributed by atoms with Crippen molar-refractivity contribution in [2.45, 2.75) is 56.6 Å². The maximum Gasteiger partial charge on any atom is 0.332 e. The lowest BCUT2D eigenvalue weighted by Crippen LogP contribution is -2.34. The van der Waals surface area contributed by atoms with Crippen LogP contribution in [0.4, 0.5) is 10.5 Å². The molecule has 2 aliphatic carbocycles. The normalized spacial score (nSPS) is 18.2. The highest BCUT2D eigenvalue weighted by Crippen LogP contribution is 2.38. The van der Waals surface area contributed by atoms with E-state index in [0.29, 0.717) is 5.69 Å². The number of hydrogen-bond donors (Lipinski definition) is 4. The first-order valence-corrected chi connectivity index (χ1v) is 11.1. The molecule has 4 rings (SSSR count). The molecule has 2 amide bonds. The second kappa shape index (κ2) is 6.89. The van der Waals surface area contributed by atoms with E-state index >= 15 is 0 Å². The summed E-state index contributed by atoms with van der Waals surface area (Å²) in [4.78, 5) is 12.6. The first-order chi connectivity index (χ1) is 13.3. The van der Waals surface area contributed by atoms with Crippen molar-refractivity contribution < 1.29 is 14.1 Å². The summed E-state index contributed by atoms with van der Waals surface area (Å²) in [6.07, 6.45) is 5.21. The topological polar surface area (TPSA) is 120 Å². The number of nitrogens with one attached hydrogen (secondary N) is 3. The van der Waals surface area contributed by atoms with Gasteiger partial charge in [0.1, 0.15) is 0 Å². The maximum absolute atomic E-state index is 12.8. The van der Waals surface area contributed by atoms with E-state index < -0.39 is 22.1 Å². The zero-order chi connectivity index (χ0) is 20.1. The van der Waals surface area contributed by atoms with Gasteiger partial charge in [0.25, 0.3) is 0 Å². The number of amides is 2. The Labute approximate surface area is 164 Å². The van der Waals surface area contributed by atoms with Gasteiger partial charge < -0.3 is 10.4 Å². The molecule has 9 heteroatoms. The molecule has 1 aromatic carbocycles. The van der Waals surface area contributed by atoms with E-state index in [9.17, 15) is 14.1 Å². The van der Waals surface area contributed by atoms with Crippen LogP contribution in [-0.4, -0.2) is 25.1 Å². The van der Waals surface area contributed by atoms with Crippen LogP contribution in [0.25, 0.3) is 0 Å². The van der Waals surface area contributed by atoms with Crippen molar-refractivity contribution >= 4 is 21.6 Å². The summed E-state index contributed by atoms with van der Waals surface area (Å²) in [7, 11) is -2.05. The number of benzene rings is 1. The lowest BCUT2D eigenvalue weighted by molar-refractivity contribution is 0.189. The van der Waals surface area contributed by atoms with Crippen LogP contribution in [0.1, 0.15) is 53.8 Å². The van der Waals surface area contributed by atoms with Gasteiger partial charge in [0.2, 0.25) is 0 Å². The van der Waals surface area contributed by atoms with Gasteiger partial charge in [-0.3, -0.25) is 4.68 Å². The number of aliphatic hydroxyl groups is 1. The number of nitrogens with zero attached hydrogens (tertiary/aromatic N) is 2. The Kier molecular flexibility index (Phi) is 4.67. The highest BCUT2D eigenvalue weighted by Gasteiger charge is 2.26. The molecule has 2 atom stereocenters. The number of fused-ring (bicyclic) bond motifs is 2. The molecular formula is C19H25N5O3S. The average Bonchev–Trinajstić information content (AvgIpc) is 3.32. The number of urea groups is 1. The number of aromatic nitrogens is 2. The zero-order valence-electron chi connectivity index (χ0n) is 16.0. The van der Waals surface area contributed by atoms with Crippen LogP contribution in [0.3, 0.4) is 0 Å². The van der Waals surface area contributed by atoms with E-state index in [1.165, 1.54) is 33.0 Å². The van der Waals surface area contributed by atoms with Crippen LogP contribution in [-0.2, 0) is 42.6 Å². The molecule has 0 bridgehead atoms. The van der Waals surface area contributed by atoms with E-state index in [2.05, 4.69) is 21.2 Å². The number of carbonyl (C=O) groups is 1. The molecule has 1 heterocycles. The van der Waals surface area contributed by atoms with Gasteiger partial charge in [0, 0.05) is 18.8 Å². The van der Waals surface area contributed by atoms with Crippen LogP contribution in [0.15, 0.2) is 17.2 Å². The fourth-order valence-electron chi connectivity index (χ4n) is 4.27. The minimum atomic E-state index is -3.65. The van der Waals surface area contributed by atoms with Crippen LogP contribution >= 0.6 is 0 Å². The van der Waals surface area contributed by atoms with Crippen molar-refractivity contribution in [3.8, 4) is 0 Å². The van der Waals surface area contributed by atoms with Gasteiger partial charge in [0.15, 0.2) is 14.9 Å². The minimum absolute atomic E-state index is 0.0791. The summed E-state index contributed by atoms with van der Waals surface area (Å²) >= 11 is 0. The molecule has 2 aromatic rings. The molecular weight excluding hydrogens is 378 g/mol. The molecule has 2 aliphatic rings. The molecule has 2 unspecified atom stereocenters. The Morgan fingerprint density at radius 1 is 1.21 bits per heavy atom. The van der Waals surface area contributed by atoms with Crippen molar-refractivity contribution in [2.75, 3.05) is 5.32 Å². The Morgan fingerprint density at radius 2 is 1.82 bits per heavy atom. The summed E-state index contributed by atoms with van der Waals surface area (Å²) in [5.74, 6) is 0. The number of anilines is 1. The summed E-state index contributed by atoms with van der Waals surface area (Å²) in [6, 6.07) is 2.99. The van der Waals surface area contributed by atoms with Gasteiger partial charge in [-0.1, -0.05) is 6.07 Å². The molecule has 28 heavy (non-hydrogen) atoms. The molecule has 0 radical (unpaired) electrons. The SMILES string of the molecule is CC(O)c1cc(S(=N)(=O)NC(=O)Nc2c3c(cc4c2CCC4)CCC3)nn1C. The lowest BCUT2D eigenvalue weighted by Gasteiger charge is -2.16. The number of aryl methyl sites for hydroxylation is 3. The predicted molar refractivity (Wildman–Crippen MR) is 106 cm³/mol. The number of rotatable bonds is 4. The largest absolute Gasteiger partial charge is 0.387 e. The van der Waals surface area contributed by atoms with Gasteiger partial charge >= 0.3 is 6.03 Å². The van der Waals surface area contributed by atoms with E-state index in [0.717, 1.165) is 44.2 Å². The van der Waals surface area contributed by atoms with Crippen molar-refractivity contribution in [3.63, 3.8) is 0 Å². The highest BCUT2D eigenvalue weighted by atomic mass is 32.2. The van der Waals surface area contributed by atoms with Gasteiger partial charge in [0.05, 0.1) is 11.8 Å². The van der Waals surface area contributed by atoms with E-state index in [1.807, 2.05) is 0 Å².